The monoisotopic (exact) mass is 241 g/mol. The lowest BCUT2D eigenvalue weighted by molar-refractivity contribution is -0.120. The Labute approximate surface area is 100 Å². The molecular weight excluding hydrogens is 226 g/mol. The van der Waals surface area contributed by atoms with E-state index in [1.54, 1.807) is 13.2 Å². The Morgan fingerprint density at radius 3 is 3.00 bits per heavy atom. The third-order valence-corrected chi connectivity index (χ3v) is 2.65. The summed E-state index contributed by atoms with van der Waals surface area (Å²) in [6.07, 6.45) is 2.11. The van der Waals surface area contributed by atoms with Crippen LogP contribution in [0.25, 0.3) is 0 Å². The van der Waals surface area contributed by atoms with Gasteiger partial charge in [-0.15, -0.1) is 0 Å². The van der Waals surface area contributed by atoms with Gasteiger partial charge in [-0.25, -0.2) is 4.98 Å². The molecule has 0 bridgehead atoms. The zero-order valence-corrected chi connectivity index (χ0v) is 10.2. The van der Waals surface area contributed by atoms with Gasteiger partial charge >= 0.3 is 0 Å². The maximum absolute atomic E-state index is 11.0. The number of aromatic nitrogens is 1. The third-order valence-electron chi connectivity index (χ3n) is 2.34. The minimum atomic E-state index is 0.0250. The molecule has 4 nitrogen and oxygen atoms in total. The van der Waals surface area contributed by atoms with E-state index in [9.17, 15) is 4.79 Å². The Kier molecular flexibility index (Phi) is 5.22. The quantitative estimate of drug-likeness (QED) is 0.769. The van der Waals surface area contributed by atoms with E-state index >= 15 is 0 Å². The highest BCUT2D eigenvalue weighted by molar-refractivity contribution is 6.30. The van der Waals surface area contributed by atoms with Gasteiger partial charge < -0.3 is 10.6 Å². The molecule has 0 spiro atoms. The van der Waals surface area contributed by atoms with Crippen molar-refractivity contribution < 1.29 is 4.79 Å². The highest BCUT2D eigenvalue weighted by atomic mass is 35.5. The second kappa shape index (κ2) is 6.45. The first-order chi connectivity index (χ1) is 7.65. The van der Waals surface area contributed by atoms with Gasteiger partial charge in [-0.1, -0.05) is 17.7 Å². The minimum Gasteiger partial charge on any atom is -0.359 e. The lowest BCUT2D eigenvalue weighted by Gasteiger charge is -2.14. The zero-order chi connectivity index (χ0) is 12.0. The smallest absolute Gasteiger partial charge is 0.221 e. The predicted octanol–water partition coefficient (Wildman–Crippen LogP) is 1.52. The molecule has 0 aliphatic rings. The molecule has 1 heterocycles. The third kappa shape index (κ3) is 3.79. The second-order valence-electron chi connectivity index (χ2n) is 3.48. The van der Waals surface area contributed by atoms with Gasteiger partial charge in [-0.3, -0.25) is 4.79 Å². The standard InChI is InChI=1S/C11H16ClN3O/c1-8(14-7-5-10(16)13-2)9-4-3-6-15-11(9)12/h3-4,6,8,14H,5,7H2,1-2H3,(H,13,16). The highest BCUT2D eigenvalue weighted by Crippen LogP contribution is 2.19. The van der Waals surface area contributed by atoms with Gasteiger partial charge in [0.05, 0.1) is 0 Å². The summed E-state index contributed by atoms with van der Waals surface area (Å²) in [6.45, 7) is 2.61. The Bertz CT molecular complexity index is 357. The molecule has 0 aromatic carbocycles. The van der Waals surface area contributed by atoms with Crippen molar-refractivity contribution in [2.75, 3.05) is 13.6 Å². The molecule has 1 aromatic heterocycles. The SMILES string of the molecule is CNC(=O)CCNC(C)c1cccnc1Cl. The summed E-state index contributed by atoms with van der Waals surface area (Å²) in [6, 6.07) is 3.86. The van der Waals surface area contributed by atoms with E-state index in [0.717, 1.165) is 5.56 Å². The van der Waals surface area contributed by atoms with Gasteiger partial charge in [0.25, 0.3) is 0 Å². The molecule has 5 heteroatoms. The number of carbonyl (C=O) groups excluding carboxylic acids is 1. The molecule has 0 saturated carbocycles. The number of pyridine rings is 1. The number of halogens is 1. The van der Waals surface area contributed by atoms with Crippen molar-refractivity contribution in [3.05, 3.63) is 29.0 Å². The molecule has 1 rings (SSSR count). The fourth-order valence-electron chi connectivity index (χ4n) is 1.36. The molecule has 0 aliphatic carbocycles. The summed E-state index contributed by atoms with van der Waals surface area (Å²) in [5.74, 6) is 0.0250. The van der Waals surface area contributed by atoms with Crippen molar-refractivity contribution in [1.29, 1.82) is 0 Å². The number of rotatable bonds is 5. The van der Waals surface area contributed by atoms with Crippen LogP contribution in [-0.2, 0) is 4.79 Å². The summed E-state index contributed by atoms with van der Waals surface area (Å²) in [7, 11) is 1.63. The van der Waals surface area contributed by atoms with Gasteiger partial charge in [0.2, 0.25) is 5.91 Å². The van der Waals surface area contributed by atoms with Crippen molar-refractivity contribution in [2.24, 2.45) is 0 Å². The fraction of sp³-hybridized carbons (Fsp3) is 0.455. The molecule has 16 heavy (non-hydrogen) atoms. The predicted molar refractivity (Wildman–Crippen MR) is 64.3 cm³/mol. The first kappa shape index (κ1) is 12.9. The van der Waals surface area contributed by atoms with Crippen LogP contribution in [-0.4, -0.2) is 24.5 Å². The van der Waals surface area contributed by atoms with E-state index in [1.165, 1.54) is 0 Å². The summed E-state index contributed by atoms with van der Waals surface area (Å²) in [4.78, 5) is 15.0. The summed E-state index contributed by atoms with van der Waals surface area (Å²) < 4.78 is 0. The van der Waals surface area contributed by atoms with Crippen LogP contribution in [0.15, 0.2) is 18.3 Å². The molecule has 0 radical (unpaired) electrons. The Balaban J connectivity index is 2.44. The van der Waals surface area contributed by atoms with Crippen molar-refractivity contribution in [1.82, 2.24) is 15.6 Å². The van der Waals surface area contributed by atoms with Crippen LogP contribution in [0.5, 0.6) is 0 Å². The average molecular weight is 242 g/mol. The first-order valence-corrected chi connectivity index (χ1v) is 5.57. The van der Waals surface area contributed by atoms with E-state index in [4.69, 9.17) is 11.6 Å². The topological polar surface area (TPSA) is 54.0 Å². The van der Waals surface area contributed by atoms with Crippen LogP contribution < -0.4 is 10.6 Å². The Morgan fingerprint density at radius 2 is 2.38 bits per heavy atom. The molecule has 0 saturated heterocycles. The second-order valence-corrected chi connectivity index (χ2v) is 3.84. The van der Waals surface area contributed by atoms with Crippen molar-refractivity contribution in [2.45, 2.75) is 19.4 Å². The van der Waals surface area contributed by atoms with Crippen molar-refractivity contribution in [3.63, 3.8) is 0 Å². The normalized spacial score (nSPS) is 12.2. The van der Waals surface area contributed by atoms with Crippen molar-refractivity contribution in [3.8, 4) is 0 Å². The number of hydrogen-bond donors (Lipinski definition) is 2. The molecule has 88 valence electrons. The average Bonchev–Trinajstić information content (AvgIpc) is 2.29. The number of amides is 1. The first-order valence-electron chi connectivity index (χ1n) is 5.19. The zero-order valence-electron chi connectivity index (χ0n) is 9.46. The van der Waals surface area contributed by atoms with Crippen LogP contribution in [0.1, 0.15) is 24.9 Å². The van der Waals surface area contributed by atoms with Crippen LogP contribution in [0.2, 0.25) is 5.15 Å². The Hall–Kier alpha value is -1.13. The van der Waals surface area contributed by atoms with E-state index in [1.807, 2.05) is 19.1 Å². The Morgan fingerprint density at radius 1 is 1.62 bits per heavy atom. The molecule has 1 amide bonds. The fourth-order valence-corrected chi connectivity index (χ4v) is 1.64. The van der Waals surface area contributed by atoms with Gasteiger partial charge in [-0.05, 0) is 13.0 Å². The lowest BCUT2D eigenvalue weighted by Crippen LogP contribution is -2.26. The maximum Gasteiger partial charge on any atom is 0.221 e. The van der Waals surface area contributed by atoms with Crippen LogP contribution >= 0.6 is 11.6 Å². The van der Waals surface area contributed by atoms with E-state index < -0.39 is 0 Å². The van der Waals surface area contributed by atoms with Gasteiger partial charge in [-0.2, -0.15) is 0 Å². The molecule has 0 aliphatic heterocycles. The summed E-state index contributed by atoms with van der Waals surface area (Å²) >= 11 is 5.96. The van der Waals surface area contributed by atoms with Crippen LogP contribution in [0.4, 0.5) is 0 Å². The van der Waals surface area contributed by atoms with Gasteiger partial charge in [0.15, 0.2) is 0 Å². The summed E-state index contributed by atoms with van der Waals surface area (Å²) in [5.41, 5.74) is 0.945. The number of nitrogens with one attached hydrogen (secondary N) is 2. The number of hydrogen-bond acceptors (Lipinski definition) is 3. The largest absolute Gasteiger partial charge is 0.359 e. The molecule has 2 N–H and O–H groups in total. The van der Waals surface area contributed by atoms with E-state index in [2.05, 4.69) is 15.6 Å². The van der Waals surface area contributed by atoms with Crippen LogP contribution in [0, 0.1) is 0 Å². The van der Waals surface area contributed by atoms with E-state index in [0.29, 0.717) is 18.1 Å². The van der Waals surface area contributed by atoms with Crippen LogP contribution in [0.3, 0.4) is 0 Å². The van der Waals surface area contributed by atoms with Gasteiger partial charge in [0.1, 0.15) is 5.15 Å². The minimum absolute atomic E-state index is 0.0250. The molecule has 0 fully saturated rings. The number of nitrogens with zero attached hydrogens (tertiary/aromatic N) is 1. The maximum atomic E-state index is 11.0. The number of carbonyl (C=O) groups is 1. The molecule has 1 unspecified atom stereocenters. The summed E-state index contributed by atoms with van der Waals surface area (Å²) in [5, 5.41) is 6.29. The highest BCUT2D eigenvalue weighted by Gasteiger charge is 2.09. The lowest BCUT2D eigenvalue weighted by atomic mass is 10.1. The molecule has 1 atom stereocenters. The molecular formula is C11H16ClN3O. The molecule has 1 aromatic rings. The van der Waals surface area contributed by atoms with Gasteiger partial charge in [0, 0.05) is 37.8 Å². The van der Waals surface area contributed by atoms with Crippen molar-refractivity contribution >= 4 is 17.5 Å². The van der Waals surface area contributed by atoms with E-state index in [-0.39, 0.29) is 11.9 Å².